The Morgan fingerprint density at radius 3 is 1.87 bits per heavy atom. The van der Waals surface area contributed by atoms with E-state index in [1.54, 1.807) is 0 Å². The molecular formula is C8H12N6O. The van der Waals surface area contributed by atoms with Crippen molar-refractivity contribution in [3.63, 3.8) is 0 Å². The van der Waals surface area contributed by atoms with Crippen LogP contribution in [-0.4, -0.2) is 25.3 Å². The van der Waals surface area contributed by atoms with Gasteiger partial charge in [0, 0.05) is 22.9 Å². The Bertz CT molecular complexity index is 300. The second kappa shape index (κ2) is 4.40. The highest BCUT2D eigenvalue weighted by Gasteiger charge is 2.47. The zero-order chi connectivity index (χ0) is 10.7. The van der Waals surface area contributed by atoms with Crippen molar-refractivity contribution in [1.29, 1.82) is 0 Å². The van der Waals surface area contributed by atoms with E-state index in [1.807, 2.05) is 0 Å². The molecule has 2 aliphatic rings. The minimum Gasteiger partial charge on any atom is -0.370 e. The molecule has 0 amide bonds. The largest absolute Gasteiger partial charge is 0.370 e. The van der Waals surface area contributed by atoms with Gasteiger partial charge in [0.2, 0.25) is 0 Å². The first kappa shape index (κ1) is 10.1. The Morgan fingerprint density at radius 2 is 1.47 bits per heavy atom. The van der Waals surface area contributed by atoms with Crippen LogP contribution in [-0.2, 0) is 4.74 Å². The molecule has 1 aliphatic carbocycles. The van der Waals surface area contributed by atoms with Gasteiger partial charge in [-0.05, 0) is 35.7 Å². The molecule has 80 valence electrons. The molecule has 0 bridgehead atoms. The van der Waals surface area contributed by atoms with Crippen molar-refractivity contribution >= 4 is 0 Å². The number of hydrogen-bond acceptors (Lipinski definition) is 3. The van der Waals surface area contributed by atoms with Crippen LogP contribution in [0.4, 0.5) is 0 Å². The summed E-state index contributed by atoms with van der Waals surface area (Å²) in [4.78, 5) is 5.53. The van der Waals surface area contributed by atoms with Gasteiger partial charge in [-0.2, -0.15) is 0 Å². The summed E-state index contributed by atoms with van der Waals surface area (Å²) >= 11 is 0. The third-order valence-corrected chi connectivity index (χ3v) is 3.18. The lowest BCUT2D eigenvalue weighted by Crippen LogP contribution is -2.28. The van der Waals surface area contributed by atoms with E-state index in [2.05, 4.69) is 20.1 Å². The fraction of sp³-hybridized carbons (Fsp3) is 1.00. The van der Waals surface area contributed by atoms with Crippen molar-refractivity contribution in [3.05, 3.63) is 20.9 Å². The Morgan fingerprint density at radius 1 is 1.00 bits per heavy atom. The lowest BCUT2D eigenvalue weighted by Gasteiger charge is -2.26. The molecule has 1 aliphatic heterocycles. The average Bonchev–Trinajstić information content (AvgIpc) is 3.00. The monoisotopic (exact) mass is 208 g/mol. The van der Waals surface area contributed by atoms with E-state index in [0.717, 1.165) is 12.8 Å². The molecule has 0 radical (unpaired) electrons. The molecule has 0 aromatic rings. The maximum absolute atomic E-state index is 8.28. The van der Waals surface area contributed by atoms with Crippen LogP contribution in [0.3, 0.4) is 0 Å². The fourth-order valence-electron chi connectivity index (χ4n) is 2.31. The van der Waals surface area contributed by atoms with E-state index in [1.165, 1.54) is 0 Å². The van der Waals surface area contributed by atoms with Crippen molar-refractivity contribution in [2.45, 2.75) is 25.0 Å². The summed E-state index contributed by atoms with van der Waals surface area (Å²) in [6.07, 6.45) is 2.56. The highest BCUT2D eigenvalue weighted by Crippen LogP contribution is 2.43. The fourth-order valence-corrected chi connectivity index (χ4v) is 2.31. The van der Waals surface area contributed by atoms with E-state index in [-0.39, 0.29) is 0 Å². The number of nitrogens with zero attached hydrogens (tertiary/aromatic N) is 6. The minimum absolute atomic E-state index is 0.301. The van der Waals surface area contributed by atoms with Crippen LogP contribution < -0.4 is 0 Å². The molecule has 3 unspecified atom stereocenters. The first-order valence-electron chi connectivity index (χ1n) is 5.02. The second-order valence-electron chi connectivity index (χ2n) is 4.03. The number of epoxide rings is 1. The smallest absolute Gasteiger partial charge is 0.0844 e. The lowest BCUT2D eigenvalue weighted by atomic mass is 9.79. The number of hydrogen-bond donors (Lipinski definition) is 0. The van der Waals surface area contributed by atoms with Gasteiger partial charge in [0.1, 0.15) is 0 Å². The average molecular weight is 208 g/mol. The quantitative estimate of drug-likeness (QED) is 0.300. The zero-order valence-corrected chi connectivity index (χ0v) is 8.23. The summed E-state index contributed by atoms with van der Waals surface area (Å²) in [6, 6.07) is 0. The normalized spacial score (nSPS) is 37.1. The van der Waals surface area contributed by atoms with Crippen LogP contribution in [0, 0.1) is 11.8 Å². The van der Waals surface area contributed by atoms with E-state index >= 15 is 0 Å². The third kappa shape index (κ3) is 2.33. The summed E-state index contributed by atoms with van der Waals surface area (Å²) in [5.74, 6) is 0.602. The summed E-state index contributed by atoms with van der Waals surface area (Å²) in [7, 11) is 0. The molecule has 0 spiro atoms. The van der Waals surface area contributed by atoms with Crippen LogP contribution >= 0.6 is 0 Å². The Labute approximate surface area is 86.7 Å². The zero-order valence-electron chi connectivity index (χ0n) is 8.23. The van der Waals surface area contributed by atoms with E-state index in [0.29, 0.717) is 37.1 Å². The third-order valence-electron chi connectivity index (χ3n) is 3.18. The molecule has 7 heteroatoms. The second-order valence-corrected chi connectivity index (χ2v) is 4.03. The molecule has 0 aromatic heterocycles. The first-order valence-corrected chi connectivity index (χ1v) is 5.02. The molecule has 1 saturated heterocycles. The van der Waals surface area contributed by atoms with Crippen molar-refractivity contribution in [2.75, 3.05) is 13.1 Å². The topological polar surface area (TPSA) is 110 Å². The molecule has 0 N–H and O–H groups in total. The standard InChI is InChI=1S/C8H12N6O/c9-13-11-3-5-1-7-8(15-7)2-6(5)4-12-14-10/h5-8H,1-4H2/t5-,6?,7?,8?/m0/s1. The van der Waals surface area contributed by atoms with Gasteiger partial charge in [-0.1, -0.05) is 10.2 Å². The van der Waals surface area contributed by atoms with Crippen LogP contribution in [0.15, 0.2) is 10.2 Å². The Hall–Kier alpha value is -1.42. The molecule has 15 heavy (non-hydrogen) atoms. The number of rotatable bonds is 4. The molecule has 1 saturated carbocycles. The van der Waals surface area contributed by atoms with Crippen LogP contribution in [0.1, 0.15) is 12.8 Å². The molecular weight excluding hydrogens is 196 g/mol. The Balaban J connectivity index is 1.95. The first-order chi connectivity index (χ1) is 7.35. The molecule has 1 heterocycles. The van der Waals surface area contributed by atoms with Crippen LogP contribution in [0.2, 0.25) is 0 Å². The van der Waals surface area contributed by atoms with Gasteiger partial charge in [0.15, 0.2) is 0 Å². The number of fused-ring (bicyclic) bond motifs is 1. The summed E-state index contributed by atoms with van der Waals surface area (Å²) in [5, 5.41) is 7.19. The predicted octanol–water partition coefficient (Wildman–Crippen LogP) is 2.40. The van der Waals surface area contributed by atoms with Crippen molar-refractivity contribution in [3.8, 4) is 0 Å². The van der Waals surface area contributed by atoms with Crippen LogP contribution in [0.5, 0.6) is 0 Å². The van der Waals surface area contributed by atoms with Crippen molar-refractivity contribution in [1.82, 2.24) is 0 Å². The van der Waals surface area contributed by atoms with Gasteiger partial charge < -0.3 is 4.74 Å². The highest BCUT2D eigenvalue weighted by atomic mass is 16.6. The highest BCUT2D eigenvalue weighted by molar-refractivity contribution is 4.97. The predicted molar refractivity (Wildman–Crippen MR) is 52.9 cm³/mol. The maximum atomic E-state index is 8.28. The van der Waals surface area contributed by atoms with Crippen molar-refractivity contribution < 1.29 is 4.74 Å². The number of azide groups is 2. The van der Waals surface area contributed by atoms with E-state index < -0.39 is 0 Å². The number of ether oxygens (including phenoxy) is 1. The van der Waals surface area contributed by atoms with Gasteiger partial charge in [-0.3, -0.25) is 0 Å². The van der Waals surface area contributed by atoms with Crippen molar-refractivity contribution in [2.24, 2.45) is 22.1 Å². The van der Waals surface area contributed by atoms with E-state index in [9.17, 15) is 0 Å². The molecule has 7 nitrogen and oxygen atoms in total. The van der Waals surface area contributed by atoms with Gasteiger partial charge in [0.25, 0.3) is 0 Å². The molecule has 0 aromatic carbocycles. The summed E-state index contributed by atoms with van der Waals surface area (Å²) in [5.41, 5.74) is 16.6. The van der Waals surface area contributed by atoms with Gasteiger partial charge >= 0.3 is 0 Å². The van der Waals surface area contributed by atoms with Gasteiger partial charge in [-0.25, -0.2) is 0 Å². The summed E-state index contributed by atoms with van der Waals surface area (Å²) in [6.45, 7) is 0.962. The van der Waals surface area contributed by atoms with Gasteiger partial charge in [0.05, 0.1) is 12.2 Å². The van der Waals surface area contributed by atoms with Gasteiger partial charge in [-0.15, -0.1) is 0 Å². The SMILES string of the molecule is [N-]=[N+]=NCC1CC2OC2C[C@H]1CN=[N+]=[N-]. The molecule has 2 fully saturated rings. The van der Waals surface area contributed by atoms with E-state index in [4.69, 9.17) is 15.8 Å². The summed E-state index contributed by atoms with van der Waals surface area (Å²) < 4.78 is 5.43. The minimum atomic E-state index is 0.301. The Kier molecular flexibility index (Phi) is 2.97. The molecule has 2 rings (SSSR count). The van der Waals surface area contributed by atoms with Crippen LogP contribution in [0.25, 0.3) is 20.9 Å². The molecule has 4 atom stereocenters. The maximum Gasteiger partial charge on any atom is 0.0844 e. The lowest BCUT2D eigenvalue weighted by molar-refractivity contribution is 0.277.